The number of hydrogen-bond donors (Lipinski definition) is 2. The van der Waals surface area contributed by atoms with E-state index in [0.717, 1.165) is 69.3 Å². The van der Waals surface area contributed by atoms with Crippen LogP contribution in [-0.2, 0) is 25.9 Å². The Kier molecular flexibility index (Phi) is 7.07. The third kappa shape index (κ3) is 5.08. The molecule has 0 saturated carbocycles. The van der Waals surface area contributed by atoms with E-state index in [-0.39, 0.29) is 0 Å². The van der Waals surface area contributed by atoms with Crippen LogP contribution in [0.4, 0.5) is 11.6 Å². The zero-order valence-electron chi connectivity index (χ0n) is 19.9. The lowest BCUT2D eigenvalue weighted by Gasteiger charge is -2.30. The van der Waals surface area contributed by atoms with E-state index in [1.807, 2.05) is 0 Å². The molecule has 5 nitrogen and oxygen atoms in total. The summed E-state index contributed by atoms with van der Waals surface area (Å²) in [5, 5.41) is 13.9. The molecule has 2 aromatic carbocycles. The monoisotopic (exact) mass is 453 g/mol. The quantitative estimate of drug-likeness (QED) is 0.578. The third-order valence-electron chi connectivity index (χ3n) is 7.24. The molecule has 1 fully saturated rings. The molecular formula is C29H35N5+2. The van der Waals surface area contributed by atoms with Gasteiger partial charge in [-0.25, -0.2) is 4.98 Å². The lowest BCUT2D eigenvalue weighted by Crippen LogP contribution is -3.10. The van der Waals surface area contributed by atoms with Crippen molar-refractivity contribution in [2.45, 2.75) is 45.2 Å². The molecule has 34 heavy (non-hydrogen) atoms. The van der Waals surface area contributed by atoms with Crippen molar-refractivity contribution < 1.29 is 9.88 Å². The minimum atomic E-state index is 0.865. The molecule has 5 rings (SSSR count). The first-order valence-electron chi connectivity index (χ1n) is 12.7. The number of quaternary nitrogens is 1. The SMILES string of the molecule is N#Cc1c(N2CCCCC2)[nH+]c(NCCc2ccccc2)c2c1CC[NH+](Cc1ccccc1)C2. The summed E-state index contributed by atoms with van der Waals surface area (Å²) in [6, 6.07) is 24.0. The number of pyridine rings is 1. The Morgan fingerprint density at radius 3 is 2.32 bits per heavy atom. The average molecular weight is 454 g/mol. The number of piperidine rings is 1. The van der Waals surface area contributed by atoms with Gasteiger partial charge in [0.25, 0.3) is 0 Å². The Morgan fingerprint density at radius 2 is 1.62 bits per heavy atom. The van der Waals surface area contributed by atoms with Gasteiger partial charge >= 0.3 is 0 Å². The fourth-order valence-electron chi connectivity index (χ4n) is 5.45. The van der Waals surface area contributed by atoms with Gasteiger partial charge in [0.05, 0.1) is 31.7 Å². The molecule has 2 aliphatic heterocycles. The summed E-state index contributed by atoms with van der Waals surface area (Å²) >= 11 is 0. The maximum absolute atomic E-state index is 10.2. The molecule has 1 aromatic heterocycles. The summed E-state index contributed by atoms with van der Waals surface area (Å²) in [7, 11) is 0. The van der Waals surface area contributed by atoms with Gasteiger partial charge in [-0.05, 0) is 30.4 Å². The summed E-state index contributed by atoms with van der Waals surface area (Å²) in [6.07, 6.45) is 5.60. The maximum atomic E-state index is 10.2. The number of hydrogen-bond acceptors (Lipinski definition) is 3. The summed E-state index contributed by atoms with van der Waals surface area (Å²) in [4.78, 5) is 7.66. The van der Waals surface area contributed by atoms with Gasteiger partial charge in [-0.15, -0.1) is 0 Å². The number of anilines is 2. The molecule has 0 radical (unpaired) electrons. The second kappa shape index (κ2) is 10.7. The van der Waals surface area contributed by atoms with Crippen molar-refractivity contribution in [2.75, 3.05) is 36.4 Å². The highest BCUT2D eigenvalue weighted by atomic mass is 15.2. The number of nitriles is 1. The Bertz CT molecular complexity index is 1130. The second-order valence-electron chi connectivity index (χ2n) is 9.59. The van der Waals surface area contributed by atoms with Crippen molar-refractivity contribution >= 4 is 11.6 Å². The molecule has 0 amide bonds. The van der Waals surface area contributed by atoms with Gasteiger partial charge < -0.3 is 10.2 Å². The molecular weight excluding hydrogens is 418 g/mol. The second-order valence-corrected chi connectivity index (χ2v) is 9.59. The van der Waals surface area contributed by atoms with E-state index in [1.54, 1.807) is 4.90 Å². The van der Waals surface area contributed by atoms with Gasteiger partial charge in [-0.1, -0.05) is 60.7 Å². The largest absolute Gasteiger partial charge is 0.327 e. The van der Waals surface area contributed by atoms with E-state index in [1.165, 1.54) is 41.5 Å². The van der Waals surface area contributed by atoms with E-state index >= 15 is 0 Å². The van der Waals surface area contributed by atoms with Gasteiger partial charge in [-0.2, -0.15) is 5.26 Å². The molecule has 1 saturated heterocycles. The fraction of sp³-hybridized carbons (Fsp3) is 0.379. The van der Waals surface area contributed by atoms with Crippen molar-refractivity contribution in [2.24, 2.45) is 0 Å². The Balaban J connectivity index is 1.44. The minimum Gasteiger partial charge on any atom is -0.327 e. The Labute approximate surface area is 203 Å². The zero-order chi connectivity index (χ0) is 23.2. The van der Waals surface area contributed by atoms with Gasteiger partial charge in [0.15, 0.2) is 0 Å². The third-order valence-corrected chi connectivity index (χ3v) is 7.24. The fourth-order valence-corrected chi connectivity index (χ4v) is 5.45. The number of aromatic nitrogens is 1. The summed E-state index contributed by atoms with van der Waals surface area (Å²) < 4.78 is 0. The molecule has 1 atom stereocenters. The van der Waals surface area contributed by atoms with Crippen LogP contribution in [0.5, 0.6) is 0 Å². The number of nitrogens with one attached hydrogen (secondary N) is 3. The molecule has 0 aliphatic carbocycles. The highest BCUT2D eigenvalue weighted by molar-refractivity contribution is 5.61. The first kappa shape index (κ1) is 22.4. The van der Waals surface area contributed by atoms with Crippen LogP contribution >= 0.6 is 0 Å². The Morgan fingerprint density at radius 1 is 0.912 bits per heavy atom. The molecule has 5 heteroatoms. The number of H-pyrrole nitrogens is 1. The summed E-state index contributed by atoms with van der Waals surface area (Å²) in [5.41, 5.74) is 6.12. The van der Waals surface area contributed by atoms with E-state index in [4.69, 9.17) is 0 Å². The minimum absolute atomic E-state index is 0.865. The highest BCUT2D eigenvalue weighted by Crippen LogP contribution is 2.29. The number of aromatic amines is 1. The molecule has 3 aromatic rings. The lowest BCUT2D eigenvalue weighted by atomic mass is 9.94. The normalized spacial score (nSPS) is 17.6. The smallest absolute Gasteiger partial charge is 0.240 e. The molecule has 0 bridgehead atoms. The van der Waals surface area contributed by atoms with Gasteiger partial charge in [0, 0.05) is 18.4 Å². The predicted octanol–water partition coefficient (Wildman–Crippen LogP) is 3.16. The summed E-state index contributed by atoms with van der Waals surface area (Å²) in [5.74, 6) is 2.13. The van der Waals surface area contributed by atoms with E-state index < -0.39 is 0 Å². The van der Waals surface area contributed by atoms with Crippen molar-refractivity contribution in [1.29, 1.82) is 5.26 Å². The average Bonchev–Trinajstić information content (AvgIpc) is 2.90. The van der Waals surface area contributed by atoms with Gasteiger partial charge in [0.2, 0.25) is 11.6 Å². The topological polar surface area (TPSA) is 57.6 Å². The first-order chi connectivity index (χ1) is 16.8. The summed E-state index contributed by atoms with van der Waals surface area (Å²) in [6.45, 7) is 5.93. The van der Waals surface area contributed by atoms with Crippen molar-refractivity contribution in [1.82, 2.24) is 0 Å². The molecule has 3 N–H and O–H groups in total. The van der Waals surface area contributed by atoms with Crippen LogP contribution in [0.3, 0.4) is 0 Å². The maximum Gasteiger partial charge on any atom is 0.240 e. The first-order valence-corrected chi connectivity index (χ1v) is 12.7. The van der Waals surface area contributed by atoms with Crippen LogP contribution in [0.15, 0.2) is 60.7 Å². The van der Waals surface area contributed by atoms with Crippen LogP contribution in [0.1, 0.15) is 47.1 Å². The molecule has 1 unspecified atom stereocenters. The van der Waals surface area contributed by atoms with Crippen LogP contribution in [0.25, 0.3) is 0 Å². The highest BCUT2D eigenvalue weighted by Gasteiger charge is 2.32. The van der Waals surface area contributed by atoms with E-state index in [0.29, 0.717) is 0 Å². The van der Waals surface area contributed by atoms with E-state index in [2.05, 4.69) is 81.9 Å². The van der Waals surface area contributed by atoms with Crippen LogP contribution in [0.2, 0.25) is 0 Å². The van der Waals surface area contributed by atoms with Gasteiger partial charge in [0.1, 0.15) is 24.7 Å². The van der Waals surface area contributed by atoms with Gasteiger partial charge in [-0.3, -0.25) is 4.90 Å². The van der Waals surface area contributed by atoms with Crippen LogP contribution < -0.4 is 20.1 Å². The Hall–Kier alpha value is -3.36. The standard InChI is InChI=1S/C29H33N5/c30-20-26-25-15-19-33(21-24-12-6-2-7-13-24)22-27(25)28(31-16-14-23-10-4-1-5-11-23)32-29(26)34-17-8-3-9-18-34/h1-2,4-7,10-13H,3,8-9,14-19,21-22H2,(H,31,32)/p+2. The number of nitrogens with zero attached hydrogens (tertiary/aromatic N) is 2. The molecule has 3 heterocycles. The van der Waals surface area contributed by atoms with E-state index in [9.17, 15) is 5.26 Å². The van der Waals surface area contributed by atoms with Crippen LogP contribution in [-0.4, -0.2) is 26.2 Å². The predicted molar refractivity (Wildman–Crippen MR) is 136 cm³/mol. The number of rotatable bonds is 7. The lowest BCUT2D eigenvalue weighted by molar-refractivity contribution is -0.929. The van der Waals surface area contributed by atoms with Crippen molar-refractivity contribution in [3.8, 4) is 6.07 Å². The van der Waals surface area contributed by atoms with Crippen LogP contribution in [0, 0.1) is 11.3 Å². The zero-order valence-corrected chi connectivity index (χ0v) is 19.9. The molecule has 0 spiro atoms. The van der Waals surface area contributed by atoms with Crippen molar-refractivity contribution in [3.05, 3.63) is 88.5 Å². The number of fused-ring (bicyclic) bond motifs is 1. The number of benzene rings is 2. The molecule has 174 valence electrons. The molecule has 2 aliphatic rings. The van der Waals surface area contributed by atoms with Crippen molar-refractivity contribution in [3.63, 3.8) is 0 Å².